The van der Waals surface area contributed by atoms with Crippen molar-refractivity contribution >= 4 is 0 Å². The molecule has 0 spiro atoms. The van der Waals surface area contributed by atoms with Gasteiger partial charge in [0, 0.05) is 11.1 Å². The van der Waals surface area contributed by atoms with Crippen LogP contribution in [0, 0.1) is 0 Å². The third kappa shape index (κ3) is 4.62. The number of rotatable bonds is 6. The van der Waals surface area contributed by atoms with Crippen molar-refractivity contribution in [3.63, 3.8) is 0 Å². The van der Waals surface area contributed by atoms with Gasteiger partial charge in [-0.2, -0.15) is 0 Å². The highest BCUT2D eigenvalue weighted by molar-refractivity contribution is 5.39. The molecular formula is C27H25NO. The SMILES string of the molecule is NC(O)(c1ccc(Cc2ccccc2)cc1)c1ccc(Cc2ccccc2)cc1. The molecule has 2 heteroatoms. The van der Waals surface area contributed by atoms with Crippen molar-refractivity contribution in [2.24, 2.45) is 5.73 Å². The van der Waals surface area contributed by atoms with Crippen LogP contribution in [0.2, 0.25) is 0 Å². The molecule has 3 N–H and O–H groups in total. The molecule has 0 bridgehead atoms. The molecule has 0 aliphatic heterocycles. The van der Waals surface area contributed by atoms with Gasteiger partial charge in [-0.25, -0.2) is 0 Å². The van der Waals surface area contributed by atoms with Gasteiger partial charge in [-0.15, -0.1) is 0 Å². The summed E-state index contributed by atoms with van der Waals surface area (Å²) < 4.78 is 0. The second-order valence-electron chi connectivity index (χ2n) is 7.48. The van der Waals surface area contributed by atoms with Crippen LogP contribution in [0.4, 0.5) is 0 Å². The fraction of sp³-hybridized carbons (Fsp3) is 0.111. The quantitative estimate of drug-likeness (QED) is 0.462. The molecule has 0 saturated carbocycles. The molecule has 0 fully saturated rings. The van der Waals surface area contributed by atoms with Crippen LogP contribution in [0.1, 0.15) is 33.4 Å². The van der Waals surface area contributed by atoms with Crippen molar-refractivity contribution in [3.05, 3.63) is 143 Å². The van der Waals surface area contributed by atoms with Crippen molar-refractivity contribution in [2.45, 2.75) is 18.6 Å². The maximum Gasteiger partial charge on any atom is 0.166 e. The Morgan fingerprint density at radius 2 is 0.793 bits per heavy atom. The predicted octanol–water partition coefficient (Wildman–Crippen LogP) is 5.02. The first-order chi connectivity index (χ1) is 14.1. The summed E-state index contributed by atoms with van der Waals surface area (Å²) in [5.74, 6) is 0. The normalized spacial score (nSPS) is 11.4. The second kappa shape index (κ2) is 8.44. The Balaban J connectivity index is 1.48. The highest BCUT2D eigenvalue weighted by Crippen LogP contribution is 2.26. The van der Waals surface area contributed by atoms with E-state index in [0.717, 1.165) is 12.8 Å². The lowest BCUT2D eigenvalue weighted by atomic mass is 9.92. The Morgan fingerprint density at radius 1 is 0.483 bits per heavy atom. The van der Waals surface area contributed by atoms with E-state index in [-0.39, 0.29) is 0 Å². The molecule has 4 aromatic carbocycles. The number of hydrogen-bond acceptors (Lipinski definition) is 2. The maximum atomic E-state index is 11.0. The summed E-state index contributed by atoms with van der Waals surface area (Å²) in [5.41, 5.74) is 11.1. The van der Waals surface area contributed by atoms with Crippen LogP contribution in [0.5, 0.6) is 0 Å². The lowest BCUT2D eigenvalue weighted by Crippen LogP contribution is -2.37. The molecule has 0 aliphatic rings. The summed E-state index contributed by atoms with van der Waals surface area (Å²) in [7, 11) is 0. The summed E-state index contributed by atoms with van der Waals surface area (Å²) >= 11 is 0. The molecule has 2 nitrogen and oxygen atoms in total. The van der Waals surface area contributed by atoms with Crippen molar-refractivity contribution in [1.82, 2.24) is 0 Å². The monoisotopic (exact) mass is 379 g/mol. The smallest absolute Gasteiger partial charge is 0.166 e. The van der Waals surface area contributed by atoms with Crippen molar-refractivity contribution in [3.8, 4) is 0 Å². The zero-order valence-corrected chi connectivity index (χ0v) is 16.3. The van der Waals surface area contributed by atoms with Gasteiger partial charge in [-0.05, 0) is 35.1 Å². The summed E-state index contributed by atoms with van der Waals surface area (Å²) in [6, 6.07) is 36.5. The Labute approximate surface area is 172 Å². The molecule has 4 rings (SSSR count). The maximum absolute atomic E-state index is 11.0. The number of benzene rings is 4. The molecule has 0 saturated heterocycles. The molecule has 0 radical (unpaired) electrons. The lowest BCUT2D eigenvalue weighted by molar-refractivity contribution is 0.0884. The van der Waals surface area contributed by atoms with E-state index in [1.807, 2.05) is 84.9 Å². The molecular weight excluding hydrogens is 354 g/mol. The Hall–Kier alpha value is -3.20. The largest absolute Gasteiger partial charge is 0.368 e. The minimum absolute atomic E-state index is 0.685. The van der Waals surface area contributed by atoms with Crippen LogP contribution in [-0.2, 0) is 18.6 Å². The molecule has 0 unspecified atom stereocenters. The highest BCUT2D eigenvalue weighted by Gasteiger charge is 2.26. The van der Waals surface area contributed by atoms with E-state index in [1.165, 1.54) is 22.3 Å². The van der Waals surface area contributed by atoms with Crippen LogP contribution in [-0.4, -0.2) is 5.11 Å². The highest BCUT2D eigenvalue weighted by atomic mass is 16.3. The van der Waals surface area contributed by atoms with Gasteiger partial charge >= 0.3 is 0 Å². The fourth-order valence-electron chi connectivity index (χ4n) is 3.58. The fourth-order valence-corrected chi connectivity index (χ4v) is 3.58. The first kappa shape index (κ1) is 19.1. The van der Waals surface area contributed by atoms with E-state index in [4.69, 9.17) is 5.73 Å². The van der Waals surface area contributed by atoms with E-state index in [1.54, 1.807) is 0 Å². The van der Waals surface area contributed by atoms with E-state index >= 15 is 0 Å². The van der Waals surface area contributed by atoms with Gasteiger partial charge in [-0.1, -0.05) is 109 Å². The van der Waals surface area contributed by atoms with Gasteiger partial charge in [-0.3, -0.25) is 5.73 Å². The predicted molar refractivity (Wildman–Crippen MR) is 119 cm³/mol. The number of hydrogen-bond donors (Lipinski definition) is 2. The van der Waals surface area contributed by atoms with Crippen LogP contribution < -0.4 is 5.73 Å². The van der Waals surface area contributed by atoms with Crippen molar-refractivity contribution in [1.29, 1.82) is 0 Å². The van der Waals surface area contributed by atoms with Gasteiger partial charge in [0.25, 0.3) is 0 Å². The average molecular weight is 380 g/mol. The van der Waals surface area contributed by atoms with E-state index < -0.39 is 5.72 Å². The third-order valence-corrected chi connectivity index (χ3v) is 5.29. The number of aliphatic hydroxyl groups is 1. The topological polar surface area (TPSA) is 46.2 Å². The minimum Gasteiger partial charge on any atom is -0.368 e. The van der Waals surface area contributed by atoms with E-state index in [9.17, 15) is 5.11 Å². The van der Waals surface area contributed by atoms with Gasteiger partial charge in [0.05, 0.1) is 0 Å². The van der Waals surface area contributed by atoms with Gasteiger partial charge < -0.3 is 5.11 Å². The van der Waals surface area contributed by atoms with Gasteiger partial charge in [0.1, 0.15) is 0 Å². The molecule has 144 valence electrons. The minimum atomic E-state index is -1.52. The summed E-state index contributed by atoms with van der Waals surface area (Å²) in [5, 5.41) is 11.0. The Morgan fingerprint density at radius 3 is 1.14 bits per heavy atom. The molecule has 0 amide bonds. The molecule has 4 aromatic rings. The lowest BCUT2D eigenvalue weighted by Gasteiger charge is -2.25. The van der Waals surface area contributed by atoms with Crippen molar-refractivity contribution < 1.29 is 5.11 Å². The van der Waals surface area contributed by atoms with E-state index in [0.29, 0.717) is 11.1 Å². The van der Waals surface area contributed by atoms with Gasteiger partial charge in [0.2, 0.25) is 0 Å². The first-order valence-corrected chi connectivity index (χ1v) is 9.89. The molecule has 0 heterocycles. The van der Waals surface area contributed by atoms with Crippen LogP contribution >= 0.6 is 0 Å². The second-order valence-corrected chi connectivity index (χ2v) is 7.48. The first-order valence-electron chi connectivity index (χ1n) is 9.89. The van der Waals surface area contributed by atoms with Crippen LogP contribution in [0.25, 0.3) is 0 Å². The molecule has 29 heavy (non-hydrogen) atoms. The molecule has 0 aromatic heterocycles. The van der Waals surface area contributed by atoms with Crippen molar-refractivity contribution in [2.75, 3.05) is 0 Å². The summed E-state index contributed by atoms with van der Waals surface area (Å²) in [6.45, 7) is 0. The van der Waals surface area contributed by atoms with Crippen LogP contribution in [0.15, 0.2) is 109 Å². The zero-order chi connectivity index (χ0) is 20.1. The molecule has 0 atom stereocenters. The van der Waals surface area contributed by atoms with Crippen LogP contribution in [0.3, 0.4) is 0 Å². The molecule has 0 aliphatic carbocycles. The zero-order valence-electron chi connectivity index (χ0n) is 16.3. The summed E-state index contributed by atoms with van der Waals surface area (Å²) in [6.07, 6.45) is 1.72. The average Bonchev–Trinajstić information content (AvgIpc) is 2.76. The third-order valence-electron chi connectivity index (χ3n) is 5.29. The Bertz CT molecular complexity index is 950. The van der Waals surface area contributed by atoms with E-state index in [2.05, 4.69) is 24.3 Å². The number of nitrogens with two attached hydrogens (primary N) is 1. The van der Waals surface area contributed by atoms with Gasteiger partial charge in [0.15, 0.2) is 5.72 Å². The standard InChI is InChI=1S/C27H25NO/c28-27(29,25-15-11-23(12-16-25)19-21-7-3-1-4-8-21)26-17-13-24(14-18-26)20-22-9-5-2-6-10-22/h1-18,29H,19-20,28H2. The Kier molecular flexibility index (Phi) is 5.57. The summed E-state index contributed by atoms with van der Waals surface area (Å²) in [4.78, 5) is 0.